The number of hydrogen-bond acceptors (Lipinski definition) is 4. The summed E-state index contributed by atoms with van der Waals surface area (Å²) >= 11 is 1.47. The molecule has 0 aromatic carbocycles. The first-order valence-corrected chi connectivity index (χ1v) is 8.19. The van der Waals surface area contributed by atoms with E-state index < -0.39 is 11.4 Å². The van der Waals surface area contributed by atoms with Gasteiger partial charge in [0.25, 0.3) is 0 Å². The van der Waals surface area contributed by atoms with Crippen LogP contribution in [-0.4, -0.2) is 28.6 Å². The molecule has 7 heteroatoms. The van der Waals surface area contributed by atoms with Crippen molar-refractivity contribution >= 4 is 23.3 Å². The van der Waals surface area contributed by atoms with Crippen molar-refractivity contribution in [3.05, 3.63) is 16.6 Å². The number of carboxylic acids is 1. The summed E-state index contributed by atoms with van der Waals surface area (Å²) in [7, 11) is 0. The maximum atomic E-state index is 11.8. The smallest absolute Gasteiger partial charge is 0.315 e. The molecule has 1 aromatic rings. The number of nitrogens with one attached hydrogen (secondary N) is 2. The summed E-state index contributed by atoms with van der Waals surface area (Å²) in [6.45, 7) is 0.542. The molecule has 0 atom stereocenters. The average molecular weight is 311 g/mol. The van der Waals surface area contributed by atoms with E-state index in [1.807, 2.05) is 5.38 Å². The minimum absolute atomic E-state index is 0.186. The Bertz CT molecular complexity index is 468. The third-order valence-corrected chi connectivity index (χ3v) is 4.65. The van der Waals surface area contributed by atoms with Crippen molar-refractivity contribution in [3.8, 4) is 0 Å². The van der Waals surface area contributed by atoms with Gasteiger partial charge in [-0.25, -0.2) is 9.78 Å². The third kappa shape index (κ3) is 4.42. The van der Waals surface area contributed by atoms with Gasteiger partial charge in [-0.2, -0.15) is 0 Å². The highest BCUT2D eigenvalue weighted by atomic mass is 32.1. The molecule has 2 rings (SSSR count). The number of carbonyl (C=O) groups excluding carboxylic acids is 1. The Morgan fingerprint density at radius 1 is 1.24 bits per heavy atom. The van der Waals surface area contributed by atoms with E-state index in [-0.39, 0.29) is 12.6 Å². The van der Waals surface area contributed by atoms with Gasteiger partial charge in [0, 0.05) is 11.9 Å². The summed E-state index contributed by atoms with van der Waals surface area (Å²) in [4.78, 5) is 27.5. The molecule has 0 unspecified atom stereocenters. The molecule has 0 saturated heterocycles. The second kappa shape index (κ2) is 7.40. The van der Waals surface area contributed by atoms with Gasteiger partial charge in [0.15, 0.2) is 0 Å². The number of aliphatic carboxylic acids is 1. The van der Waals surface area contributed by atoms with E-state index in [0.29, 0.717) is 19.4 Å². The molecule has 1 heterocycles. The van der Waals surface area contributed by atoms with E-state index >= 15 is 0 Å². The van der Waals surface area contributed by atoms with E-state index in [0.717, 1.165) is 31.4 Å². The highest BCUT2D eigenvalue weighted by molar-refractivity contribution is 7.07. The largest absolute Gasteiger partial charge is 0.481 e. The van der Waals surface area contributed by atoms with Crippen LogP contribution in [0.3, 0.4) is 0 Å². The van der Waals surface area contributed by atoms with E-state index in [1.165, 1.54) is 11.3 Å². The normalized spacial score (nSPS) is 17.7. The molecule has 0 spiro atoms. The Hall–Kier alpha value is -1.63. The fourth-order valence-corrected chi connectivity index (χ4v) is 3.24. The Morgan fingerprint density at radius 3 is 2.52 bits per heavy atom. The highest BCUT2D eigenvalue weighted by Gasteiger charge is 2.38. The molecule has 0 radical (unpaired) electrons. The molecule has 1 aromatic heterocycles. The van der Waals surface area contributed by atoms with Gasteiger partial charge in [-0.05, 0) is 12.8 Å². The van der Waals surface area contributed by atoms with Crippen LogP contribution in [0, 0.1) is 5.41 Å². The van der Waals surface area contributed by atoms with E-state index in [4.69, 9.17) is 0 Å². The van der Waals surface area contributed by atoms with Crippen molar-refractivity contribution in [1.29, 1.82) is 0 Å². The molecular weight excluding hydrogens is 290 g/mol. The third-order valence-electron chi connectivity index (χ3n) is 4.02. The quantitative estimate of drug-likeness (QED) is 0.728. The zero-order valence-corrected chi connectivity index (χ0v) is 12.7. The van der Waals surface area contributed by atoms with Gasteiger partial charge in [-0.15, -0.1) is 11.3 Å². The number of carbonyl (C=O) groups is 2. The van der Waals surface area contributed by atoms with Gasteiger partial charge in [0.1, 0.15) is 0 Å². The van der Waals surface area contributed by atoms with Crippen LogP contribution in [0.15, 0.2) is 10.9 Å². The summed E-state index contributed by atoms with van der Waals surface area (Å²) in [5.41, 5.74) is 1.70. The van der Waals surface area contributed by atoms with Gasteiger partial charge < -0.3 is 15.7 Å². The SMILES string of the molecule is O=C(NCc1cscn1)NCC1(C(=O)O)CCCCCC1. The van der Waals surface area contributed by atoms with E-state index in [1.54, 1.807) is 5.51 Å². The monoisotopic (exact) mass is 311 g/mol. The molecule has 0 bridgehead atoms. The average Bonchev–Trinajstić information content (AvgIpc) is 2.87. The Balaban J connectivity index is 1.83. The first-order valence-electron chi connectivity index (χ1n) is 7.25. The number of aromatic nitrogens is 1. The standard InChI is InChI=1S/C14H21N3O3S/c18-12(19)14(5-3-1-2-4-6-14)9-16-13(20)15-7-11-8-21-10-17-11/h8,10H,1-7,9H2,(H,18,19)(H2,15,16,20). The molecular formula is C14H21N3O3S. The van der Waals surface area contributed by atoms with Crippen LogP contribution < -0.4 is 10.6 Å². The van der Waals surface area contributed by atoms with Crippen molar-refractivity contribution in [1.82, 2.24) is 15.6 Å². The first-order chi connectivity index (χ1) is 10.1. The molecule has 1 aliphatic carbocycles. The predicted molar refractivity (Wildman–Crippen MR) is 80.1 cm³/mol. The fraction of sp³-hybridized carbons (Fsp3) is 0.643. The minimum Gasteiger partial charge on any atom is -0.481 e. The molecule has 1 aliphatic rings. The van der Waals surface area contributed by atoms with E-state index in [9.17, 15) is 14.7 Å². The van der Waals surface area contributed by atoms with Crippen molar-refractivity contribution in [2.45, 2.75) is 45.1 Å². The number of nitrogens with zero attached hydrogens (tertiary/aromatic N) is 1. The number of rotatable bonds is 5. The summed E-state index contributed by atoms with van der Waals surface area (Å²) in [6, 6.07) is -0.340. The number of urea groups is 1. The highest BCUT2D eigenvalue weighted by Crippen LogP contribution is 2.34. The zero-order valence-electron chi connectivity index (χ0n) is 11.9. The van der Waals surface area contributed by atoms with Crippen LogP contribution in [0.5, 0.6) is 0 Å². The fourth-order valence-electron chi connectivity index (χ4n) is 2.68. The molecule has 116 valence electrons. The molecule has 3 N–H and O–H groups in total. The number of hydrogen-bond donors (Lipinski definition) is 3. The molecule has 1 saturated carbocycles. The Morgan fingerprint density at radius 2 is 1.95 bits per heavy atom. The lowest BCUT2D eigenvalue weighted by atomic mass is 9.80. The predicted octanol–water partition coefficient (Wildman–Crippen LogP) is 2.37. The number of carboxylic acid groups (broad SMARTS) is 1. The van der Waals surface area contributed by atoms with Crippen molar-refractivity contribution in [3.63, 3.8) is 0 Å². The van der Waals surface area contributed by atoms with Crippen molar-refractivity contribution in [2.75, 3.05) is 6.54 Å². The Labute approximate surface area is 128 Å². The van der Waals surface area contributed by atoms with Crippen molar-refractivity contribution < 1.29 is 14.7 Å². The molecule has 21 heavy (non-hydrogen) atoms. The minimum atomic E-state index is -0.811. The summed E-state index contributed by atoms with van der Waals surface area (Å²) in [6.07, 6.45) is 5.24. The van der Waals surface area contributed by atoms with Crippen LogP contribution in [0.25, 0.3) is 0 Å². The first kappa shape index (κ1) is 15.8. The Kier molecular flexibility index (Phi) is 5.55. The van der Waals surface area contributed by atoms with Gasteiger partial charge in [-0.1, -0.05) is 25.7 Å². The molecule has 2 amide bonds. The lowest BCUT2D eigenvalue weighted by Gasteiger charge is -2.28. The van der Waals surface area contributed by atoms with Crippen LogP contribution in [0.1, 0.15) is 44.2 Å². The van der Waals surface area contributed by atoms with E-state index in [2.05, 4.69) is 15.6 Å². The topological polar surface area (TPSA) is 91.3 Å². The summed E-state index contributed by atoms with van der Waals surface area (Å²) in [5, 5.41) is 16.8. The van der Waals surface area contributed by atoms with Crippen LogP contribution >= 0.6 is 11.3 Å². The van der Waals surface area contributed by atoms with Crippen LogP contribution in [-0.2, 0) is 11.3 Å². The number of thiazole rings is 1. The van der Waals surface area contributed by atoms with Gasteiger partial charge in [0.2, 0.25) is 0 Å². The van der Waals surface area contributed by atoms with Gasteiger partial charge >= 0.3 is 12.0 Å². The second-order valence-corrected chi connectivity index (χ2v) is 6.23. The van der Waals surface area contributed by atoms with Gasteiger partial charge in [0.05, 0.1) is 23.2 Å². The molecule has 0 aliphatic heterocycles. The van der Waals surface area contributed by atoms with Crippen LogP contribution in [0.4, 0.5) is 4.79 Å². The second-order valence-electron chi connectivity index (χ2n) is 5.52. The maximum Gasteiger partial charge on any atom is 0.315 e. The number of amides is 2. The summed E-state index contributed by atoms with van der Waals surface area (Å²) in [5.74, 6) is -0.802. The zero-order chi connectivity index (χ0) is 15.1. The van der Waals surface area contributed by atoms with Crippen LogP contribution in [0.2, 0.25) is 0 Å². The molecule has 1 fully saturated rings. The molecule has 6 nitrogen and oxygen atoms in total. The maximum absolute atomic E-state index is 11.8. The van der Waals surface area contributed by atoms with Crippen molar-refractivity contribution in [2.24, 2.45) is 5.41 Å². The lowest BCUT2D eigenvalue weighted by Crippen LogP contribution is -2.46. The summed E-state index contributed by atoms with van der Waals surface area (Å²) < 4.78 is 0. The lowest BCUT2D eigenvalue weighted by molar-refractivity contribution is -0.149. The van der Waals surface area contributed by atoms with Gasteiger partial charge in [-0.3, -0.25) is 4.79 Å².